The zero-order valence-electron chi connectivity index (χ0n) is 2.96. The van der Waals surface area contributed by atoms with Gasteiger partial charge in [-0.1, -0.05) is 0 Å². The van der Waals surface area contributed by atoms with Crippen molar-refractivity contribution in [3.8, 4) is 0 Å². The molecule has 2 heteroatoms. The predicted octanol–water partition coefficient (Wildman–Crippen LogP) is -2.67. The van der Waals surface area contributed by atoms with Gasteiger partial charge in [0.15, 0.2) is 0 Å². The van der Waals surface area contributed by atoms with Crippen molar-refractivity contribution in [3.05, 3.63) is 0 Å². The van der Waals surface area contributed by atoms with Crippen molar-refractivity contribution in [2.75, 3.05) is 9.86 Å². The van der Waals surface area contributed by atoms with Crippen molar-refractivity contribution >= 4 is 0 Å². The van der Waals surface area contributed by atoms with E-state index in [1.54, 1.807) is 0 Å². The second-order valence-electron chi connectivity index (χ2n) is 0.378. The molecule has 0 atom stereocenters. The van der Waals surface area contributed by atoms with Gasteiger partial charge >= 0.3 is 31.1 Å². The van der Waals surface area contributed by atoms with Gasteiger partial charge in [-0.25, -0.2) is 0 Å². The Morgan fingerprint density at radius 1 is 1.25 bits per heavy atom. The van der Waals surface area contributed by atoms with E-state index < -0.39 is 0 Å². The molecular formula is C2H6IY-. The van der Waals surface area contributed by atoms with Crippen LogP contribution in [-0.4, -0.2) is 9.86 Å². The van der Waals surface area contributed by atoms with Gasteiger partial charge in [0.25, 0.3) is 0 Å². The molecule has 0 aromatic heterocycles. The van der Waals surface area contributed by atoms with Crippen LogP contribution in [0, 0.1) is 0 Å². The summed E-state index contributed by atoms with van der Waals surface area (Å²) in [5.74, 6) is 0. The van der Waals surface area contributed by atoms with Crippen LogP contribution in [-0.2, 0) is 32.7 Å². The average molecular weight is 246 g/mol. The smallest absolute Gasteiger partial charge is 0 e. The molecule has 0 spiro atoms. The molecule has 0 rings (SSSR count). The maximum atomic E-state index is 2.24. The quantitative estimate of drug-likeness (QED) is 0.323. The first-order chi connectivity index (χ1) is 1.41. The molecule has 0 nitrogen and oxygen atoms in total. The van der Waals surface area contributed by atoms with E-state index in [9.17, 15) is 0 Å². The molecule has 0 amide bonds. The Morgan fingerprint density at radius 3 is 1.25 bits per heavy atom. The van der Waals surface area contributed by atoms with E-state index in [0.717, 1.165) is 0 Å². The van der Waals surface area contributed by atoms with E-state index in [0.29, 0.717) is 21.2 Å². The number of hydrogen-bond donors (Lipinski definition) is 0. The minimum Gasteiger partial charge on any atom is 0 e. The van der Waals surface area contributed by atoms with Crippen LogP contribution < -0.4 is 21.2 Å². The standard InChI is InChI=1S/C2H6I.Y/c1-3-2;/h1-2H3;/q-1;. The van der Waals surface area contributed by atoms with E-state index >= 15 is 0 Å². The van der Waals surface area contributed by atoms with Crippen LogP contribution in [0.3, 0.4) is 0 Å². The van der Waals surface area contributed by atoms with Crippen LogP contribution in [0.4, 0.5) is 0 Å². The van der Waals surface area contributed by atoms with Crippen molar-refractivity contribution in [1.29, 1.82) is 0 Å². The van der Waals surface area contributed by atoms with Gasteiger partial charge in [0.05, 0.1) is 0 Å². The van der Waals surface area contributed by atoms with E-state index in [1.165, 1.54) is 0 Å². The third-order valence-corrected chi connectivity index (χ3v) is 0. The van der Waals surface area contributed by atoms with Crippen molar-refractivity contribution < 1.29 is 53.9 Å². The molecule has 1 radical (unpaired) electrons. The van der Waals surface area contributed by atoms with Gasteiger partial charge in [-0.3, -0.25) is 0 Å². The monoisotopic (exact) mass is 246 g/mol. The van der Waals surface area contributed by atoms with Gasteiger partial charge in [-0.2, -0.15) is 0 Å². The molecule has 0 bridgehead atoms. The summed E-state index contributed by atoms with van der Waals surface area (Å²) < 4.78 is 0. The van der Waals surface area contributed by atoms with E-state index in [4.69, 9.17) is 0 Å². The van der Waals surface area contributed by atoms with Gasteiger partial charge in [0.1, 0.15) is 0 Å². The summed E-state index contributed by atoms with van der Waals surface area (Å²) in [6, 6.07) is 0. The SMILES string of the molecule is C[I-]C.[Y]. The molecule has 4 heavy (non-hydrogen) atoms. The molecule has 0 aromatic carbocycles. The fraction of sp³-hybridized carbons (Fsp3) is 1.00. The Bertz CT molecular complexity index is 6.00. The van der Waals surface area contributed by atoms with E-state index in [2.05, 4.69) is 9.86 Å². The summed E-state index contributed by atoms with van der Waals surface area (Å²) in [5, 5.41) is 0. The molecule has 0 saturated carbocycles. The second kappa shape index (κ2) is 8.85. The van der Waals surface area contributed by atoms with Crippen LogP contribution in [0.15, 0.2) is 0 Å². The normalized spacial score (nSPS) is 5.50. The molecule has 0 aromatic rings. The topological polar surface area (TPSA) is 0 Å². The summed E-state index contributed by atoms with van der Waals surface area (Å²) in [4.78, 5) is 4.47. The van der Waals surface area contributed by atoms with Gasteiger partial charge in [0.2, 0.25) is 0 Å². The van der Waals surface area contributed by atoms with E-state index in [-0.39, 0.29) is 32.7 Å². The van der Waals surface area contributed by atoms with Gasteiger partial charge in [-0.05, 0) is 0 Å². The predicted molar refractivity (Wildman–Crippen MR) is 11.8 cm³/mol. The molecule has 0 unspecified atom stereocenters. The molecule has 0 aliphatic rings. The number of alkyl halides is 2. The summed E-state index contributed by atoms with van der Waals surface area (Å²) >= 11 is 0.590. The third-order valence-electron chi connectivity index (χ3n) is 0. The first-order valence-electron chi connectivity index (χ1n) is 0.756. The van der Waals surface area contributed by atoms with Crippen molar-refractivity contribution in [2.45, 2.75) is 0 Å². The zero-order chi connectivity index (χ0) is 2.71. The fourth-order valence-electron chi connectivity index (χ4n) is 0. The first kappa shape index (κ1) is 9.27. The van der Waals surface area contributed by atoms with Crippen LogP contribution in [0.1, 0.15) is 0 Å². The second-order valence-corrected chi connectivity index (χ2v) is 2.54. The molecule has 0 fully saturated rings. The molecule has 0 saturated heterocycles. The van der Waals surface area contributed by atoms with Gasteiger partial charge in [0, 0.05) is 32.7 Å². The van der Waals surface area contributed by atoms with Crippen LogP contribution in [0.2, 0.25) is 0 Å². The van der Waals surface area contributed by atoms with Crippen LogP contribution in [0.5, 0.6) is 0 Å². The molecule has 25 valence electrons. The summed E-state index contributed by atoms with van der Waals surface area (Å²) in [6.45, 7) is 0. The summed E-state index contributed by atoms with van der Waals surface area (Å²) in [6.07, 6.45) is 0. The third kappa shape index (κ3) is 9.16. The zero-order valence-corrected chi connectivity index (χ0v) is 7.95. The Labute approximate surface area is 62.9 Å². The first-order valence-corrected chi connectivity index (χ1v) is 5.07. The Balaban J connectivity index is 0. The number of hydrogen-bond acceptors (Lipinski definition) is 0. The number of halogens is 1. The maximum absolute atomic E-state index is 2.24. The molecule has 0 heterocycles. The molecule has 0 aliphatic carbocycles. The molecular weight excluding hydrogens is 240 g/mol. The van der Waals surface area contributed by atoms with Crippen LogP contribution in [0.25, 0.3) is 0 Å². The van der Waals surface area contributed by atoms with Crippen molar-refractivity contribution in [1.82, 2.24) is 0 Å². The van der Waals surface area contributed by atoms with E-state index in [1.807, 2.05) is 0 Å². The van der Waals surface area contributed by atoms with Gasteiger partial charge in [-0.15, -0.1) is 0 Å². The minimum atomic E-state index is 0. The summed E-state index contributed by atoms with van der Waals surface area (Å²) in [5.41, 5.74) is 0. The minimum absolute atomic E-state index is 0. The molecule has 0 N–H and O–H groups in total. The Hall–Kier alpha value is 1.83. The summed E-state index contributed by atoms with van der Waals surface area (Å²) in [7, 11) is 0. The Morgan fingerprint density at radius 2 is 1.25 bits per heavy atom. The van der Waals surface area contributed by atoms with Crippen LogP contribution >= 0.6 is 0 Å². The Kier molecular flexibility index (Phi) is 20.5. The van der Waals surface area contributed by atoms with Crippen molar-refractivity contribution in [2.24, 2.45) is 0 Å². The average Bonchev–Trinajstić information content (AvgIpc) is 0.918. The van der Waals surface area contributed by atoms with Gasteiger partial charge < -0.3 is 0 Å². The van der Waals surface area contributed by atoms with Crippen molar-refractivity contribution in [3.63, 3.8) is 0 Å². The number of rotatable bonds is 0. The fourth-order valence-corrected chi connectivity index (χ4v) is 0. The maximum Gasteiger partial charge on any atom is 0 e. The molecule has 0 aliphatic heterocycles. The largest absolute Gasteiger partial charge is 0 e.